The summed E-state index contributed by atoms with van der Waals surface area (Å²) in [4.78, 5) is 11.7. The minimum atomic E-state index is -2.86. The SMILES string of the molecule is CC(C)(CN)C(=O)NCC1CCS(=O)(=O)C1. The number of hydrogen-bond acceptors (Lipinski definition) is 4. The third kappa shape index (κ3) is 3.45. The smallest absolute Gasteiger partial charge is 0.226 e. The maximum Gasteiger partial charge on any atom is 0.226 e. The molecule has 0 saturated carbocycles. The van der Waals surface area contributed by atoms with Gasteiger partial charge < -0.3 is 11.1 Å². The molecule has 1 rings (SSSR count). The van der Waals surface area contributed by atoms with Gasteiger partial charge in [0.2, 0.25) is 5.91 Å². The fourth-order valence-corrected chi connectivity index (χ4v) is 3.46. The van der Waals surface area contributed by atoms with Gasteiger partial charge in [0.1, 0.15) is 0 Å². The molecular weight excluding hydrogens is 228 g/mol. The van der Waals surface area contributed by atoms with Gasteiger partial charge in [-0.3, -0.25) is 4.79 Å². The molecule has 0 aromatic heterocycles. The summed E-state index contributed by atoms with van der Waals surface area (Å²) < 4.78 is 22.4. The lowest BCUT2D eigenvalue weighted by Crippen LogP contribution is -2.43. The Balaban J connectivity index is 2.39. The first-order valence-corrected chi connectivity index (χ1v) is 7.28. The van der Waals surface area contributed by atoms with Crippen LogP contribution >= 0.6 is 0 Å². The molecule has 0 aromatic carbocycles. The van der Waals surface area contributed by atoms with Gasteiger partial charge in [0.15, 0.2) is 9.84 Å². The quantitative estimate of drug-likeness (QED) is 0.703. The molecule has 0 radical (unpaired) electrons. The van der Waals surface area contributed by atoms with E-state index in [-0.39, 0.29) is 29.9 Å². The molecule has 5 nitrogen and oxygen atoms in total. The molecule has 16 heavy (non-hydrogen) atoms. The zero-order valence-electron chi connectivity index (χ0n) is 9.82. The van der Waals surface area contributed by atoms with Crippen molar-refractivity contribution in [2.75, 3.05) is 24.6 Å². The average molecular weight is 248 g/mol. The van der Waals surface area contributed by atoms with E-state index in [1.54, 1.807) is 13.8 Å². The molecule has 1 saturated heterocycles. The Bertz CT molecular complexity index is 362. The molecule has 6 heteroatoms. The highest BCUT2D eigenvalue weighted by molar-refractivity contribution is 7.91. The molecule has 0 aromatic rings. The van der Waals surface area contributed by atoms with Crippen LogP contribution in [-0.2, 0) is 14.6 Å². The monoisotopic (exact) mass is 248 g/mol. The van der Waals surface area contributed by atoms with Crippen molar-refractivity contribution in [3.05, 3.63) is 0 Å². The molecule has 1 heterocycles. The van der Waals surface area contributed by atoms with Gasteiger partial charge in [-0.25, -0.2) is 8.42 Å². The van der Waals surface area contributed by atoms with E-state index in [9.17, 15) is 13.2 Å². The van der Waals surface area contributed by atoms with Gasteiger partial charge in [0, 0.05) is 13.1 Å². The van der Waals surface area contributed by atoms with Crippen molar-refractivity contribution in [2.45, 2.75) is 20.3 Å². The highest BCUT2D eigenvalue weighted by Gasteiger charge is 2.30. The van der Waals surface area contributed by atoms with Gasteiger partial charge in [-0.15, -0.1) is 0 Å². The lowest BCUT2D eigenvalue weighted by atomic mass is 9.92. The van der Waals surface area contributed by atoms with Gasteiger partial charge in [-0.2, -0.15) is 0 Å². The zero-order chi connectivity index (χ0) is 12.4. The predicted molar refractivity (Wildman–Crippen MR) is 62.6 cm³/mol. The molecule has 0 aliphatic carbocycles. The van der Waals surface area contributed by atoms with Crippen molar-refractivity contribution < 1.29 is 13.2 Å². The standard InChI is InChI=1S/C10H20N2O3S/c1-10(2,7-11)9(13)12-5-8-3-4-16(14,15)6-8/h8H,3-7,11H2,1-2H3,(H,12,13). The van der Waals surface area contributed by atoms with E-state index < -0.39 is 15.3 Å². The van der Waals surface area contributed by atoms with Crippen LogP contribution in [0.15, 0.2) is 0 Å². The Labute approximate surface area is 96.7 Å². The summed E-state index contributed by atoms with van der Waals surface area (Å²) >= 11 is 0. The highest BCUT2D eigenvalue weighted by Crippen LogP contribution is 2.18. The van der Waals surface area contributed by atoms with E-state index in [0.717, 1.165) is 0 Å². The molecule has 1 atom stereocenters. The number of hydrogen-bond donors (Lipinski definition) is 2. The minimum absolute atomic E-state index is 0.0579. The number of nitrogens with two attached hydrogens (primary N) is 1. The van der Waals surface area contributed by atoms with Crippen LogP contribution in [0.25, 0.3) is 0 Å². The van der Waals surface area contributed by atoms with Crippen LogP contribution in [0.1, 0.15) is 20.3 Å². The molecule has 1 fully saturated rings. The van der Waals surface area contributed by atoms with E-state index in [1.165, 1.54) is 0 Å². The van der Waals surface area contributed by atoms with Crippen LogP contribution in [0.2, 0.25) is 0 Å². The van der Waals surface area contributed by atoms with E-state index in [4.69, 9.17) is 5.73 Å². The number of carbonyl (C=O) groups excluding carboxylic acids is 1. The first kappa shape index (κ1) is 13.4. The van der Waals surface area contributed by atoms with Crippen molar-refractivity contribution >= 4 is 15.7 Å². The Morgan fingerprint density at radius 2 is 2.12 bits per heavy atom. The van der Waals surface area contributed by atoms with E-state index in [0.29, 0.717) is 13.0 Å². The summed E-state index contributed by atoms with van der Waals surface area (Å²) in [6.45, 7) is 4.25. The van der Waals surface area contributed by atoms with Crippen LogP contribution in [0.5, 0.6) is 0 Å². The number of amides is 1. The Morgan fingerprint density at radius 3 is 2.56 bits per heavy atom. The topological polar surface area (TPSA) is 89.3 Å². The predicted octanol–water partition coefficient (Wildman–Crippen LogP) is -0.478. The second kappa shape index (κ2) is 4.71. The first-order valence-electron chi connectivity index (χ1n) is 5.45. The second-order valence-corrected chi connectivity index (χ2v) is 7.30. The molecule has 3 N–H and O–H groups in total. The number of sulfone groups is 1. The number of carbonyl (C=O) groups is 1. The Hall–Kier alpha value is -0.620. The number of nitrogens with one attached hydrogen (secondary N) is 1. The summed E-state index contributed by atoms with van der Waals surface area (Å²) in [5, 5.41) is 2.77. The lowest BCUT2D eigenvalue weighted by Gasteiger charge is -2.22. The fraction of sp³-hybridized carbons (Fsp3) is 0.900. The second-order valence-electron chi connectivity index (χ2n) is 5.07. The lowest BCUT2D eigenvalue weighted by molar-refractivity contribution is -0.129. The molecule has 1 aliphatic heterocycles. The zero-order valence-corrected chi connectivity index (χ0v) is 10.6. The van der Waals surface area contributed by atoms with Crippen molar-refractivity contribution in [3.8, 4) is 0 Å². The first-order chi connectivity index (χ1) is 7.27. The Morgan fingerprint density at radius 1 is 1.50 bits per heavy atom. The van der Waals surface area contributed by atoms with Crippen molar-refractivity contribution in [3.63, 3.8) is 0 Å². The molecule has 94 valence electrons. The average Bonchev–Trinajstić information content (AvgIpc) is 2.54. The maximum absolute atomic E-state index is 11.7. The van der Waals surface area contributed by atoms with E-state index in [2.05, 4.69) is 5.32 Å². The van der Waals surface area contributed by atoms with Crippen LogP contribution in [0.4, 0.5) is 0 Å². The molecule has 0 spiro atoms. The van der Waals surface area contributed by atoms with Crippen LogP contribution < -0.4 is 11.1 Å². The van der Waals surface area contributed by atoms with Crippen LogP contribution in [0, 0.1) is 11.3 Å². The summed E-state index contributed by atoms with van der Waals surface area (Å²) in [6, 6.07) is 0. The van der Waals surface area contributed by atoms with Crippen molar-refractivity contribution in [2.24, 2.45) is 17.1 Å². The normalized spacial score (nSPS) is 24.3. The Kier molecular flexibility index (Phi) is 3.96. The summed E-state index contributed by atoms with van der Waals surface area (Å²) in [5.41, 5.74) is 4.89. The van der Waals surface area contributed by atoms with Crippen LogP contribution in [0.3, 0.4) is 0 Å². The largest absolute Gasteiger partial charge is 0.355 e. The van der Waals surface area contributed by atoms with Gasteiger partial charge in [-0.1, -0.05) is 0 Å². The maximum atomic E-state index is 11.7. The fourth-order valence-electron chi connectivity index (χ4n) is 1.60. The number of rotatable bonds is 4. The van der Waals surface area contributed by atoms with E-state index in [1.807, 2.05) is 0 Å². The van der Waals surface area contributed by atoms with Crippen molar-refractivity contribution in [1.29, 1.82) is 0 Å². The summed E-state index contributed by atoms with van der Waals surface area (Å²) in [6.07, 6.45) is 0.645. The molecule has 1 amide bonds. The van der Waals surface area contributed by atoms with Gasteiger partial charge in [-0.05, 0) is 26.2 Å². The van der Waals surface area contributed by atoms with Gasteiger partial charge in [0.25, 0.3) is 0 Å². The minimum Gasteiger partial charge on any atom is -0.355 e. The third-order valence-corrected chi connectivity index (χ3v) is 4.84. The highest BCUT2D eigenvalue weighted by atomic mass is 32.2. The molecule has 1 aliphatic rings. The van der Waals surface area contributed by atoms with E-state index >= 15 is 0 Å². The van der Waals surface area contributed by atoms with Gasteiger partial charge in [0.05, 0.1) is 16.9 Å². The summed E-state index contributed by atoms with van der Waals surface area (Å²) in [7, 11) is -2.86. The third-order valence-electron chi connectivity index (χ3n) is 3.00. The van der Waals surface area contributed by atoms with Gasteiger partial charge >= 0.3 is 0 Å². The van der Waals surface area contributed by atoms with Crippen molar-refractivity contribution in [1.82, 2.24) is 5.32 Å². The molecule has 1 unspecified atom stereocenters. The molecular formula is C10H20N2O3S. The molecule has 0 bridgehead atoms. The van der Waals surface area contributed by atoms with Crippen LogP contribution in [-0.4, -0.2) is 38.9 Å². The summed E-state index contributed by atoms with van der Waals surface area (Å²) in [5.74, 6) is 0.381.